The maximum absolute atomic E-state index is 13.0. The molecular formula is C26H29ClF3NO6S. The van der Waals surface area contributed by atoms with E-state index in [1.165, 1.54) is 13.0 Å². The molecular weight excluding hydrogens is 547 g/mol. The third-order valence-corrected chi connectivity index (χ3v) is 6.45. The fourth-order valence-corrected chi connectivity index (χ4v) is 4.66. The van der Waals surface area contributed by atoms with Crippen LogP contribution in [0.3, 0.4) is 0 Å². The molecule has 1 unspecified atom stereocenters. The van der Waals surface area contributed by atoms with Crippen molar-refractivity contribution < 1.29 is 42.1 Å². The van der Waals surface area contributed by atoms with Crippen LogP contribution in [0.5, 0.6) is 0 Å². The van der Waals surface area contributed by atoms with Gasteiger partial charge in [0.2, 0.25) is 5.54 Å². The van der Waals surface area contributed by atoms with Gasteiger partial charge in [-0.2, -0.15) is 13.2 Å². The maximum atomic E-state index is 13.0. The maximum Gasteiger partial charge on any atom is 0.416 e. The van der Waals surface area contributed by atoms with Crippen LogP contribution >= 0.6 is 23.4 Å². The fourth-order valence-electron chi connectivity index (χ4n) is 3.41. The summed E-state index contributed by atoms with van der Waals surface area (Å²) in [6.07, 6.45) is -5.47. The summed E-state index contributed by atoms with van der Waals surface area (Å²) in [4.78, 5) is 38.2. The molecule has 0 aliphatic heterocycles. The molecule has 2 aromatic carbocycles. The number of amides is 1. The van der Waals surface area contributed by atoms with E-state index in [2.05, 4.69) is 5.32 Å². The average molecular weight is 576 g/mol. The van der Waals surface area contributed by atoms with Crippen molar-refractivity contribution in [3.63, 3.8) is 0 Å². The van der Waals surface area contributed by atoms with Gasteiger partial charge in [0.25, 0.3) is 0 Å². The molecule has 0 aliphatic carbocycles. The summed E-state index contributed by atoms with van der Waals surface area (Å²) in [6, 6.07) is 9.87. The zero-order chi connectivity index (χ0) is 28.7. The zero-order valence-corrected chi connectivity index (χ0v) is 22.9. The second-order valence-electron chi connectivity index (χ2n) is 9.29. The summed E-state index contributed by atoms with van der Waals surface area (Å²) in [6.45, 7) is 6.19. The standard InChI is InChI=1S/C26H29ClF3NO6S/c1-5-36-22(34)25(21(32)33,31-23(35)37-24(2,3)4)13-7-8-16-11-12-19(15-20(16)27)38-18-10-6-9-17(14-18)26(28,29)30/h6,9-12,14-15H,5,7-8,13H2,1-4H3,(H,31,35)(H,32,33). The van der Waals surface area contributed by atoms with E-state index in [0.29, 0.717) is 20.4 Å². The molecule has 0 saturated heterocycles. The Morgan fingerprint density at radius 2 is 1.71 bits per heavy atom. The molecule has 2 aromatic rings. The lowest BCUT2D eigenvalue weighted by Gasteiger charge is -2.29. The third-order valence-electron chi connectivity index (χ3n) is 5.12. The molecule has 12 heteroatoms. The van der Waals surface area contributed by atoms with E-state index < -0.39 is 40.9 Å². The zero-order valence-electron chi connectivity index (χ0n) is 21.3. The van der Waals surface area contributed by atoms with Gasteiger partial charge in [0.05, 0.1) is 12.2 Å². The van der Waals surface area contributed by atoms with Crippen molar-refractivity contribution >= 4 is 41.4 Å². The molecule has 0 heterocycles. The average Bonchev–Trinajstić information content (AvgIpc) is 2.78. The number of alkyl carbamates (subject to hydrolysis) is 1. The van der Waals surface area contributed by atoms with Gasteiger partial charge in [-0.1, -0.05) is 35.5 Å². The van der Waals surface area contributed by atoms with Gasteiger partial charge in [0, 0.05) is 14.8 Å². The Kier molecular flexibility index (Phi) is 10.5. The number of nitrogens with one attached hydrogen (secondary N) is 1. The highest BCUT2D eigenvalue weighted by atomic mass is 35.5. The summed E-state index contributed by atoms with van der Waals surface area (Å²) in [5, 5.41) is 12.4. The fraction of sp³-hybridized carbons (Fsp3) is 0.423. The van der Waals surface area contributed by atoms with Crippen LogP contribution in [-0.4, -0.2) is 40.9 Å². The largest absolute Gasteiger partial charge is 0.479 e. The van der Waals surface area contributed by atoms with E-state index in [1.807, 2.05) is 0 Å². The summed E-state index contributed by atoms with van der Waals surface area (Å²) in [7, 11) is 0. The number of carbonyl (C=O) groups excluding carboxylic acids is 2. The van der Waals surface area contributed by atoms with E-state index in [1.54, 1.807) is 45.0 Å². The summed E-state index contributed by atoms with van der Waals surface area (Å²) in [5.41, 5.74) is -3.43. The molecule has 7 nitrogen and oxygen atoms in total. The third kappa shape index (κ3) is 8.83. The number of carboxylic acid groups (broad SMARTS) is 1. The van der Waals surface area contributed by atoms with Crippen LogP contribution in [0.4, 0.5) is 18.0 Å². The van der Waals surface area contributed by atoms with E-state index >= 15 is 0 Å². The second-order valence-corrected chi connectivity index (χ2v) is 10.8. The SMILES string of the molecule is CCOC(=O)C(CCCc1ccc(Sc2cccc(C(F)(F)F)c2)cc1Cl)(NC(=O)OC(C)(C)C)C(=O)O. The first-order valence-electron chi connectivity index (χ1n) is 11.6. The number of hydrogen-bond donors (Lipinski definition) is 2. The Morgan fingerprint density at radius 1 is 1.05 bits per heavy atom. The number of ether oxygens (including phenoxy) is 2. The molecule has 0 fully saturated rings. The van der Waals surface area contributed by atoms with Crippen LogP contribution in [-0.2, 0) is 31.7 Å². The van der Waals surface area contributed by atoms with Crippen LogP contribution in [0.1, 0.15) is 51.7 Å². The number of esters is 1. The molecule has 0 bridgehead atoms. The van der Waals surface area contributed by atoms with Crippen molar-refractivity contribution in [2.45, 2.75) is 74.1 Å². The monoisotopic (exact) mass is 575 g/mol. The van der Waals surface area contributed by atoms with Gasteiger partial charge in [-0.15, -0.1) is 0 Å². The van der Waals surface area contributed by atoms with Crippen molar-refractivity contribution in [1.29, 1.82) is 0 Å². The lowest BCUT2D eigenvalue weighted by molar-refractivity contribution is -0.163. The van der Waals surface area contributed by atoms with Gasteiger partial charge in [-0.05, 0) is 82.9 Å². The number of rotatable bonds is 10. The molecule has 0 aliphatic rings. The molecule has 2 N–H and O–H groups in total. The Morgan fingerprint density at radius 3 is 2.26 bits per heavy atom. The second kappa shape index (κ2) is 12.8. The number of halogens is 4. The molecule has 1 amide bonds. The predicted octanol–water partition coefficient (Wildman–Crippen LogP) is 6.74. The Labute approximate surface area is 228 Å². The van der Waals surface area contributed by atoms with Gasteiger partial charge >= 0.3 is 24.2 Å². The molecule has 1 atom stereocenters. The highest BCUT2D eigenvalue weighted by Crippen LogP contribution is 2.36. The number of benzene rings is 2. The molecule has 0 aromatic heterocycles. The number of aryl methyl sites for hydroxylation is 1. The van der Waals surface area contributed by atoms with E-state index in [9.17, 15) is 32.7 Å². The highest BCUT2D eigenvalue weighted by Gasteiger charge is 2.49. The van der Waals surface area contributed by atoms with Crippen molar-refractivity contribution in [2.75, 3.05) is 6.61 Å². The van der Waals surface area contributed by atoms with Gasteiger partial charge in [0.15, 0.2) is 0 Å². The molecule has 0 radical (unpaired) electrons. The van der Waals surface area contributed by atoms with Gasteiger partial charge in [0.1, 0.15) is 5.60 Å². The summed E-state index contributed by atoms with van der Waals surface area (Å²) < 4.78 is 49.0. The quantitative estimate of drug-likeness (QED) is 0.239. The minimum absolute atomic E-state index is 0.0965. The molecule has 2 rings (SSSR count). The Balaban J connectivity index is 2.16. The van der Waals surface area contributed by atoms with Gasteiger partial charge in [-0.3, -0.25) is 5.32 Å². The first kappa shape index (κ1) is 31.3. The number of carboxylic acids is 1. The minimum atomic E-state index is -4.45. The topological polar surface area (TPSA) is 102 Å². The number of aliphatic carboxylic acids is 1. The molecule has 0 saturated carbocycles. The highest BCUT2D eigenvalue weighted by molar-refractivity contribution is 7.99. The molecule has 38 heavy (non-hydrogen) atoms. The van der Waals surface area contributed by atoms with Crippen LogP contribution in [0.15, 0.2) is 52.3 Å². The normalized spacial score (nSPS) is 13.4. The lowest BCUT2D eigenvalue weighted by Crippen LogP contribution is -2.61. The first-order valence-corrected chi connectivity index (χ1v) is 12.8. The van der Waals surface area contributed by atoms with E-state index in [-0.39, 0.29) is 25.9 Å². The first-order chi connectivity index (χ1) is 17.6. The minimum Gasteiger partial charge on any atom is -0.479 e. The van der Waals surface area contributed by atoms with Crippen molar-refractivity contribution in [1.82, 2.24) is 5.32 Å². The van der Waals surface area contributed by atoms with Crippen LogP contribution < -0.4 is 5.32 Å². The van der Waals surface area contributed by atoms with Crippen LogP contribution in [0, 0.1) is 0 Å². The van der Waals surface area contributed by atoms with E-state index in [4.69, 9.17) is 21.1 Å². The van der Waals surface area contributed by atoms with Crippen LogP contribution in [0.25, 0.3) is 0 Å². The summed E-state index contributed by atoms with van der Waals surface area (Å²) >= 11 is 7.50. The van der Waals surface area contributed by atoms with Gasteiger partial charge in [-0.25, -0.2) is 14.4 Å². The summed E-state index contributed by atoms with van der Waals surface area (Å²) in [5.74, 6) is -2.72. The smallest absolute Gasteiger partial charge is 0.416 e. The number of hydrogen-bond acceptors (Lipinski definition) is 6. The van der Waals surface area contributed by atoms with Crippen LogP contribution in [0.2, 0.25) is 5.02 Å². The Hall–Kier alpha value is -2.92. The predicted molar refractivity (Wildman–Crippen MR) is 136 cm³/mol. The molecule has 0 spiro atoms. The van der Waals surface area contributed by atoms with Crippen molar-refractivity contribution in [2.24, 2.45) is 0 Å². The van der Waals surface area contributed by atoms with Gasteiger partial charge < -0.3 is 14.6 Å². The molecule has 208 valence electrons. The lowest BCUT2D eigenvalue weighted by atomic mass is 9.91. The van der Waals surface area contributed by atoms with E-state index in [0.717, 1.165) is 23.9 Å². The Bertz CT molecular complexity index is 1170. The van der Waals surface area contributed by atoms with Crippen molar-refractivity contribution in [3.8, 4) is 0 Å². The van der Waals surface area contributed by atoms with Crippen molar-refractivity contribution in [3.05, 3.63) is 58.6 Å². The number of carbonyl (C=O) groups is 3. The number of alkyl halides is 3.